The second-order valence-electron chi connectivity index (χ2n) is 8.66. The summed E-state index contributed by atoms with van der Waals surface area (Å²) in [7, 11) is 1.87. The van der Waals surface area contributed by atoms with E-state index in [4.69, 9.17) is 14.7 Å². The molecule has 1 fully saturated rings. The van der Waals surface area contributed by atoms with E-state index in [9.17, 15) is 9.18 Å². The Morgan fingerprint density at radius 2 is 1.97 bits per heavy atom. The first-order chi connectivity index (χ1) is 16.0. The molecule has 0 spiro atoms. The van der Waals surface area contributed by atoms with E-state index in [1.54, 1.807) is 34.8 Å². The van der Waals surface area contributed by atoms with Gasteiger partial charge in [-0.05, 0) is 37.1 Å². The molecular formula is C24H27FN6O2. The minimum Gasteiger partial charge on any atom is -0.489 e. The lowest BCUT2D eigenvalue weighted by Crippen LogP contribution is -2.42. The van der Waals surface area contributed by atoms with Crippen LogP contribution in [-0.4, -0.2) is 56.3 Å². The van der Waals surface area contributed by atoms with Crippen molar-refractivity contribution in [3.05, 3.63) is 53.9 Å². The van der Waals surface area contributed by atoms with Crippen molar-refractivity contribution in [1.29, 1.82) is 0 Å². The number of aryl methyl sites for hydroxylation is 1. The molecule has 2 aliphatic heterocycles. The van der Waals surface area contributed by atoms with Gasteiger partial charge in [0, 0.05) is 45.2 Å². The minimum absolute atomic E-state index is 0.0306. The van der Waals surface area contributed by atoms with Crippen LogP contribution in [-0.2, 0) is 24.8 Å². The molecule has 2 aliphatic rings. The lowest BCUT2D eigenvalue weighted by Gasteiger charge is -2.35. The van der Waals surface area contributed by atoms with Crippen LogP contribution in [0.5, 0.6) is 5.75 Å². The van der Waals surface area contributed by atoms with Crippen LogP contribution >= 0.6 is 0 Å². The highest BCUT2D eigenvalue weighted by molar-refractivity contribution is 5.74. The normalized spacial score (nSPS) is 18.2. The van der Waals surface area contributed by atoms with Gasteiger partial charge in [-0.2, -0.15) is 5.10 Å². The van der Waals surface area contributed by atoms with Gasteiger partial charge in [0.25, 0.3) is 0 Å². The van der Waals surface area contributed by atoms with Gasteiger partial charge in [-0.15, -0.1) is 0 Å². The summed E-state index contributed by atoms with van der Waals surface area (Å²) in [5.41, 5.74) is 3.45. The third kappa shape index (κ3) is 4.53. The second kappa shape index (κ2) is 8.80. The van der Waals surface area contributed by atoms with Gasteiger partial charge in [0.1, 0.15) is 23.4 Å². The van der Waals surface area contributed by atoms with Gasteiger partial charge in [0.2, 0.25) is 5.91 Å². The maximum Gasteiger partial charge on any atom is 0.219 e. The minimum atomic E-state index is -0.276. The number of fused-ring (bicyclic) bond motifs is 1. The van der Waals surface area contributed by atoms with E-state index in [0.717, 1.165) is 47.8 Å². The van der Waals surface area contributed by atoms with Crippen molar-refractivity contribution >= 4 is 11.7 Å². The molecular weight excluding hydrogens is 423 g/mol. The first-order valence-corrected chi connectivity index (χ1v) is 11.3. The SMILES string of the molecule is CC(=O)N1CCc2nc(N3CCCC(Oc4ccc(F)cc4)C3)c(-c3cnn(C)c3)nc2C1. The summed E-state index contributed by atoms with van der Waals surface area (Å²) in [6.45, 7) is 4.23. The van der Waals surface area contributed by atoms with Crippen LogP contribution in [0.4, 0.5) is 10.2 Å². The summed E-state index contributed by atoms with van der Waals surface area (Å²) in [6.07, 6.45) is 6.25. The number of amides is 1. The Hall–Kier alpha value is -3.49. The zero-order valence-electron chi connectivity index (χ0n) is 18.9. The Balaban J connectivity index is 1.46. The number of aromatic nitrogens is 4. The molecule has 0 N–H and O–H groups in total. The number of carbonyl (C=O) groups excluding carboxylic acids is 1. The van der Waals surface area contributed by atoms with E-state index in [1.165, 1.54) is 12.1 Å². The van der Waals surface area contributed by atoms with E-state index < -0.39 is 0 Å². The van der Waals surface area contributed by atoms with Crippen LogP contribution in [0.3, 0.4) is 0 Å². The van der Waals surface area contributed by atoms with Crippen LogP contribution in [0.25, 0.3) is 11.3 Å². The van der Waals surface area contributed by atoms with Gasteiger partial charge < -0.3 is 14.5 Å². The van der Waals surface area contributed by atoms with E-state index in [-0.39, 0.29) is 17.8 Å². The average molecular weight is 451 g/mol. The van der Waals surface area contributed by atoms with Crippen LogP contribution in [0, 0.1) is 5.82 Å². The van der Waals surface area contributed by atoms with E-state index in [1.807, 2.05) is 13.2 Å². The Labute approximate surface area is 192 Å². The zero-order valence-corrected chi connectivity index (χ0v) is 18.9. The highest BCUT2D eigenvalue weighted by Gasteiger charge is 2.29. The molecule has 33 heavy (non-hydrogen) atoms. The highest BCUT2D eigenvalue weighted by Crippen LogP contribution is 2.32. The molecule has 0 saturated carbocycles. The maximum absolute atomic E-state index is 13.3. The predicted molar refractivity (Wildman–Crippen MR) is 121 cm³/mol. The largest absolute Gasteiger partial charge is 0.489 e. The smallest absolute Gasteiger partial charge is 0.219 e. The van der Waals surface area contributed by atoms with Gasteiger partial charge in [-0.1, -0.05) is 0 Å². The quantitative estimate of drug-likeness (QED) is 0.608. The fraction of sp³-hybridized carbons (Fsp3) is 0.417. The van der Waals surface area contributed by atoms with Crippen molar-refractivity contribution in [2.24, 2.45) is 7.05 Å². The number of hydrogen-bond acceptors (Lipinski definition) is 6. The van der Waals surface area contributed by atoms with Crippen molar-refractivity contribution < 1.29 is 13.9 Å². The molecule has 2 aromatic heterocycles. The van der Waals surface area contributed by atoms with Crippen LogP contribution in [0.2, 0.25) is 0 Å². The summed E-state index contributed by atoms with van der Waals surface area (Å²) in [6, 6.07) is 6.15. The molecule has 1 unspecified atom stereocenters. The molecule has 1 amide bonds. The predicted octanol–water partition coefficient (Wildman–Crippen LogP) is 2.97. The average Bonchev–Trinajstić information content (AvgIpc) is 3.25. The summed E-state index contributed by atoms with van der Waals surface area (Å²) in [5, 5.41) is 4.32. The summed E-state index contributed by atoms with van der Waals surface area (Å²) in [4.78, 5) is 26.0. The number of carbonyl (C=O) groups is 1. The second-order valence-corrected chi connectivity index (χ2v) is 8.66. The molecule has 0 radical (unpaired) electrons. The first-order valence-electron chi connectivity index (χ1n) is 11.3. The Kier molecular flexibility index (Phi) is 5.70. The number of piperidine rings is 1. The monoisotopic (exact) mass is 450 g/mol. The summed E-state index contributed by atoms with van der Waals surface area (Å²) >= 11 is 0. The van der Waals surface area contributed by atoms with Crippen molar-refractivity contribution in [2.75, 3.05) is 24.5 Å². The first kappa shape index (κ1) is 21.4. The molecule has 1 atom stereocenters. The lowest BCUT2D eigenvalue weighted by atomic mass is 10.1. The molecule has 3 aromatic rings. The number of anilines is 1. The maximum atomic E-state index is 13.3. The van der Waals surface area contributed by atoms with E-state index in [2.05, 4.69) is 10.00 Å². The van der Waals surface area contributed by atoms with Crippen molar-refractivity contribution in [2.45, 2.75) is 38.8 Å². The summed E-state index contributed by atoms with van der Waals surface area (Å²) in [5.74, 6) is 1.26. The summed E-state index contributed by atoms with van der Waals surface area (Å²) < 4.78 is 21.2. The van der Waals surface area contributed by atoms with Crippen molar-refractivity contribution in [3.63, 3.8) is 0 Å². The molecule has 8 nitrogen and oxygen atoms in total. The number of halogens is 1. The van der Waals surface area contributed by atoms with Crippen LogP contribution in [0.15, 0.2) is 36.7 Å². The molecule has 5 rings (SSSR count). The van der Waals surface area contributed by atoms with Gasteiger partial charge in [0.05, 0.1) is 30.7 Å². The molecule has 172 valence electrons. The lowest BCUT2D eigenvalue weighted by molar-refractivity contribution is -0.129. The fourth-order valence-electron chi connectivity index (χ4n) is 4.48. The van der Waals surface area contributed by atoms with Gasteiger partial charge in [-0.25, -0.2) is 14.4 Å². The van der Waals surface area contributed by atoms with Crippen LogP contribution in [0.1, 0.15) is 31.2 Å². The van der Waals surface area contributed by atoms with Gasteiger partial charge >= 0.3 is 0 Å². The van der Waals surface area contributed by atoms with Gasteiger partial charge in [0.15, 0.2) is 5.82 Å². The molecule has 1 aromatic carbocycles. The number of ether oxygens (including phenoxy) is 1. The van der Waals surface area contributed by atoms with Crippen molar-refractivity contribution in [1.82, 2.24) is 24.6 Å². The fourth-order valence-corrected chi connectivity index (χ4v) is 4.48. The standard InChI is InChI=1S/C24H27FN6O2/c1-16(32)30-11-9-21-22(15-30)27-23(17-12-26-29(2)13-17)24(28-21)31-10-3-4-20(14-31)33-19-7-5-18(25)6-8-19/h5-8,12-13,20H,3-4,9-11,14-15H2,1-2H3. The molecule has 9 heteroatoms. The Morgan fingerprint density at radius 3 is 2.70 bits per heavy atom. The molecule has 0 aliphatic carbocycles. The van der Waals surface area contributed by atoms with Crippen LogP contribution < -0.4 is 9.64 Å². The highest BCUT2D eigenvalue weighted by atomic mass is 19.1. The topological polar surface area (TPSA) is 76.4 Å². The van der Waals surface area contributed by atoms with E-state index in [0.29, 0.717) is 31.8 Å². The number of hydrogen-bond donors (Lipinski definition) is 0. The van der Waals surface area contributed by atoms with Gasteiger partial charge in [-0.3, -0.25) is 9.48 Å². The number of rotatable bonds is 4. The number of benzene rings is 1. The third-order valence-corrected chi connectivity index (χ3v) is 6.21. The molecule has 4 heterocycles. The van der Waals surface area contributed by atoms with Crippen molar-refractivity contribution in [3.8, 4) is 17.0 Å². The molecule has 1 saturated heterocycles. The number of nitrogens with zero attached hydrogens (tertiary/aromatic N) is 6. The third-order valence-electron chi connectivity index (χ3n) is 6.21. The Bertz CT molecular complexity index is 1160. The zero-order chi connectivity index (χ0) is 22.9. The Morgan fingerprint density at radius 1 is 1.15 bits per heavy atom. The molecule has 0 bridgehead atoms. The van der Waals surface area contributed by atoms with E-state index >= 15 is 0 Å².